The summed E-state index contributed by atoms with van der Waals surface area (Å²) in [6, 6.07) is 11.2. The molecule has 1 fully saturated rings. The van der Waals surface area contributed by atoms with Crippen LogP contribution in [-0.2, 0) is 0 Å². The third kappa shape index (κ3) is 5.95. The fourth-order valence-corrected chi connectivity index (χ4v) is 3.12. The molecule has 0 bridgehead atoms. The zero-order valence-corrected chi connectivity index (χ0v) is 18.5. The van der Waals surface area contributed by atoms with E-state index in [2.05, 4.69) is 20.6 Å². The predicted molar refractivity (Wildman–Crippen MR) is 121 cm³/mol. The minimum Gasteiger partial charge on any atom is -0.491 e. The molecule has 0 amide bonds. The maximum Gasteiger partial charge on any atom is 0.191 e. The number of nitrogens with zero attached hydrogens (tertiary/aromatic N) is 3. The quantitative estimate of drug-likeness (QED) is 0.277. The number of hydrogen-bond donors (Lipinski definition) is 2. The summed E-state index contributed by atoms with van der Waals surface area (Å²) in [6.07, 6.45) is 2.52. The molecule has 3 rings (SSSR count). The molecule has 2 N–H and O–H groups in total. The fourth-order valence-electron chi connectivity index (χ4n) is 3.12. The van der Waals surface area contributed by atoms with Crippen LogP contribution in [0.5, 0.6) is 5.75 Å². The van der Waals surface area contributed by atoms with Crippen LogP contribution in [-0.4, -0.2) is 50.3 Å². The van der Waals surface area contributed by atoms with E-state index in [1.807, 2.05) is 36.1 Å². The zero-order chi connectivity index (χ0) is 19.1. The minimum absolute atomic E-state index is 0. The SMILES string of the molecule is CN=C(NCCOc1ccccc1C)NC1CCN(c2ncccc2F)C1.I. The lowest BCUT2D eigenvalue weighted by molar-refractivity contribution is 0.319. The Hall–Kier alpha value is -2.10. The van der Waals surface area contributed by atoms with Crippen LogP contribution < -0.4 is 20.3 Å². The molecule has 1 aromatic heterocycles. The van der Waals surface area contributed by atoms with Crippen molar-refractivity contribution in [1.82, 2.24) is 15.6 Å². The molecule has 0 spiro atoms. The summed E-state index contributed by atoms with van der Waals surface area (Å²) in [5, 5.41) is 6.64. The molecule has 8 heteroatoms. The van der Waals surface area contributed by atoms with Gasteiger partial charge >= 0.3 is 0 Å². The van der Waals surface area contributed by atoms with Crippen molar-refractivity contribution in [1.29, 1.82) is 0 Å². The van der Waals surface area contributed by atoms with Crippen LogP contribution in [0.15, 0.2) is 47.6 Å². The lowest BCUT2D eigenvalue weighted by Gasteiger charge is -2.20. The smallest absolute Gasteiger partial charge is 0.191 e. The average molecular weight is 499 g/mol. The van der Waals surface area contributed by atoms with Gasteiger partial charge < -0.3 is 20.3 Å². The molecule has 6 nitrogen and oxygen atoms in total. The van der Waals surface area contributed by atoms with E-state index in [1.165, 1.54) is 6.07 Å². The van der Waals surface area contributed by atoms with Gasteiger partial charge in [0, 0.05) is 32.4 Å². The molecule has 1 aromatic carbocycles. The number of anilines is 1. The molecule has 0 radical (unpaired) electrons. The number of aromatic nitrogens is 1. The van der Waals surface area contributed by atoms with Gasteiger partial charge in [0.15, 0.2) is 17.6 Å². The Balaban J connectivity index is 0.00000280. The second-order valence-electron chi connectivity index (χ2n) is 6.50. The third-order valence-electron chi connectivity index (χ3n) is 4.54. The van der Waals surface area contributed by atoms with E-state index < -0.39 is 0 Å². The monoisotopic (exact) mass is 499 g/mol. The molecule has 1 aliphatic heterocycles. The van der Waals surface area contributed by atoms with Crippen LogP contribution >= 0.6 is 24.0 Å². The number of rotatable bonds is 6. The summed E-state index contributed by atoms with van der Waals surface area (Å²) in [5.41, 5.74) is 1.12. The fraction of sp³-hybridized carbons (Fsp3) is 0.400. The van der Waals surface area contributed by atoms with Gasteiger partial charge in [-0.1, -0.05) is 18.2 Å². The van der Waals surface area contributed by atoms with Gasteiger partial charge in [-0.05, 0) is 37.1 Å². The van der Waals surface area contributed by atoms with Crippen molar-refractivity contribution >= 4 is 35.8 Å². The Kier molecular flexibility index (Phi) is 8.75. The highest BCUT2D eigenvalue weighted by molar-refractivity contribution is 14.0. The number of para-hydroxylation sites is 1. The van der Waals surface area contributed by atoms with E-state index in [0.717, 1.165) is 30.2 Å². The van der Waals surface area contributed by atoms with Gasteiger partial charge in [0.1, 0.15) is 12.4 Å². The highest BCUT2D eigenvalue weighted by Crippen LogP contribution is 2.20. The lowest BCUT2D eigenvalue weighted by atomic mass is 10.2. The van der Waals surface area contributed by atoms with Gasteiger partial charge in [0.2, 0.25) is 0 Å². The molecule has 1 atom stereocenters. The second-order valence-corrected chi connectivity index (χ2v) is 6.50. The molecule has 0 saturated carbocycles. The number of guanidine groups is 1. The van der Waals surface area contributed by atoms with Crippen molar-refractivity contribution in [2.24, 2.45) is 4.99 Å². The van der Waals surface area contributed by atoms with Crippen LogP contribution in [0.25, 0.3) is 0 Å². The largest absolute Gasteiger partial charge is 0.491 e. The van der Waals surface area contributed by atoms with Crippen molar-refractivity contribution in [3.8, 4) is 5.75 Å². The van der Waals surface area contributed by atoms with Crippen molar-refractivity contribution in [3.63, 3.8) is 0 Å². The first-order valence-electron chi connectivity index (χ1n) is 9.18. The minimum atomic E-state index is -0.283. The van der Waals surface area contributed by atoms with Gasteiger partial charge in [-0.25, -0.2) is 9.37 Å². The number of nitrogens with one attached hydrogen (secondary N) is 2. The van der Waals surface area contributed by atoms with Crippen molar-refractivity contribution in [3.05, 3.63) is 54.0 Å². The zero-order valence-electron chi connectivity index (χ0n) is 16.2. The Bertz CT molecular complexity index is 789. The number of aliphatic imine (C=N–C) groups is 1. The molecule has 1 saturated heterocycles. The third-order valence-corrected chi connectivity index (χ3v) is 4.54. The Labute approximate surface area is 182 Å². The van der Waals surface area contributed by atoms with Gasteiger partial charge in [-0.3, -0.25) is 4.99 Å². The molecule has 1 aliphatic rings. The van der Waals surface area contributed by atoms with Gasteiger partial charge in [-0.2, -0.15) is 0 Å². The molecule has 28 heavy (non-hydrogen) atoms. The standard InChI is InChI=1S/C20H26FN5O.HI/c1-15-6-3-4-8-18(15)27-13-11-24-20(22-2)25-16-9-12-26(14-16)19-17(21)7-5-10-23-19;/h3-8,10,16H,9,11-14H2,1-2H3,(H2,22,24,25);1H. The van der Waals surface area contributed by atoms with Crippen molar-refractivity contribution in [2.75, 3.05) is 38.2 Å². The summed E-state index contributed by atoms with van der Waals surface area (Å²) in [6.45, 7) is 4.66. The van der Waals surface area contributed by atoms with E-state index in [-0.39, 0.29) is 35.8 Å². The Morgan fingerprint density at radius 1 is 1.32 bits per heavy atom. The second kappa shape index (κ2) is 11.0. The summed E-state index contributed by atoms with van der Waals surface area (Å²) < 4.78 is 19.7. The van der Waals surface area contributed by atoms with Crippen molar-refractivity contribution < 1.29 is 9.13 Å². The van der Waals surface area contributed by atoms with Crippen molar-refractivity contribution in [2.45, 2.75) is 19.4 Å². The summed E-state index contributed by atoms with van der Waals surface area (Å²) in [5.74, 6) is 1.74. The van der Waals surface area contributed by atoms with E-state index in [4.69, 9.17) is 4.74 Å². The Morgan fingerprint density at radius 2 is 2.14 bits per heavy atom. The van der Waals surface area contributed by atoms with Crippen LogP contribution in [0, 0.1) is 12.7 Å². The Morgan fingerprint density at radius 3 is 2.89 bits per heavy atom. The van der Waals surface area contributed by atoms with Crippen LogP contribution in [0.2, 0.25) is 0 Å². The van der Waals surface area contributed by atoms with Gasteiger partial charge in [0.05, 0.1) is 6.54 Å². The highest BCUT2D eigenvalue weighted by atomic mass is 127. The molecule has 0 aliphatic carbocycles. The van der Waals surface area contributed by atoms with Crippen LogP contribution in [0.1, 0.15) is 12.0 Å². The van der Waals surface area contributed by atoms with E-state index >= 15 is 0 Å². The molecule has 1 unspecified atom stereocenters. The van der Waals surface area contributed by atoms with Crippen LogP contribution in [0.4, 0.5) is 10.2 Å². The number of benzene rings is 1. The number of aryl methyl sites for hydroxylation is 1. The summed E-state index contributed by atoms with van der Waals surface area (Å²) in [7, 11) is 1.74. The predicted octanol–water partition coefficient (Wildman–Crippen LogP) is 2.97. The first-order valence-corrected chi connectivity index (χ1v) is 9.18. The maximum atomic E-state index is 13.9. The van der Waals surface area contributed by atoms with E-state index in [9.17, 15) is 4.39 Å². The molecular weight excluding hydrogens is 472 g/mol. The summed E-state index contributed by atoms with van der Waals surface area (Å²) in [4.78, 5) is 10.4. The molecular formula is C20H27FIN5O. The topological polar surface area (TPSA) is 61.8 Å². The normalized spacial score (nSPS) is 16.5. The molecule has 2 heterocycles. The van der Waals surface area contributed by atoms with Crippen LogP contribution in [0.3, 0.4) is 0 Å². The van der Waals surface area contributed by atoms with E-state index in [0.29, 0.717) is 25.5 Å². The number of halogens is 2. The van der Waals surface area contributed by atoms with Gasteiger partial charge in [-0.15, -0.1) is 24.0 Å². The maximum absolute atomic E-state index is 13.9. The highest BCUT2D eigenvalue weighted by Gasteiger charge is 2.25. The molecule has 152 valence electrons. The molecule has 2 aromatic rings. The van der Waals surface area contributed by atoms with E-state index in [1.54, 1.807) is 19.3 Å². The lowest BCUT2D eigenvalue weighted by Crippen LogP contribution is -2.45. The number of pyridine rings is 1. The average Bonchev–Trinajstić information content (AvgIpc) is 3.14. The number of ether oxygens (including phenoxy) is 1. The first-order chi connectivity index (χ1) is 13.2. The summed E-state index contributed by atoms with van der Waals surface area (Å²) >= 11 is 0. The number of hydrogen-bond acceptors (Lipinski definition) is 4. The van der Waals surface area contributed by atoms with Gasteiger partial charge in [0.25, 0.3) is 0 Å². The first kappa shape index (κ1) is 22.2.